The van der Waals surface area contributed by atoms with Gasteiger partial charge in [-0.2, -0.15) is 0 Å². The van der Waals surface area contributed by atoms with Crippen LogP contribution in [0.25, 0.3) is 0 Å². The molecular weight excluding hydrogens is 235 g/mol. The second-order valence-electron chi connectivity index (χ2n) is 4.55. The molecule has 4 nitrogen and oxygen atoms in total. The Kier molecular flexibility index (Phi) is 4.16. The lowest BCUT2D eigenvalue weighted by atomic mass is 10.1. The fourth-order valence-corrected chi connectivity index (χ4v) is 2.37. The number of rotatable bonds is 4. The minimum atomic E-state index is -0.259. The molecule has 0 bridgehead atoms. The molecule has 0 aromatic heterocycles. The summed E-state index contributed by atoms with van der Waals surface area (Å²) in [5.41, 5.74) is 6.84. The van der Waals surface area contributed by atoms with Crippen molar-refractivity contribution in [3.8, 4) is 0 Å². The number of methoxy groups -OCH3 is 2. The van der Waals surface area contributed by atoms with Gasteiger partial charge in [-0.05, 0) is 12.1 Å². The average molecular weight is 254 g/mol. The molecule has 1 fully saturated rings. The summed E-state index contributed by atoms with van der Waals surface area (Å²) < 4.78 is 24.4. The van der Waals surface area contributed by atoms with Crippen LogP contribution >= 0.6 is 0 Å². The van der Waals surface area contributed by atoms with Gasteiger partial charge in [-0.3, -0.25) is 4.90 Å². The van der Waals surface area contributed by atoms with Gasteiger partial charge in [0, 0.05) is 45.1 Å². The van der Waals surface area contributed by atoms with Crippen LogP contribution in [0, 0.1) is 5.82 Å². The van der Waals surface area contributed by atoms with E-state index >= 15 is 0 Å². The molecular formula is C13H19FN2O2. The number of ether oxygens (including phenoxy) is 2. The number of nitrogens with two attached hydrogens (primary N) is 1. The van der Waals surface area contributed by atoms with Crippen LogP contribution in [-0.2, 0) is 16.0 Å². The van der Waals surface area contributed by atoms with E-state index in [-0.39, 0.29) is 18.0 Å². The molecule has 2 atom stereocenters. The Labute approximate surface area is 106 Å². The van der Waals surface area contributed by atoms with E-state index in [1.165, 1.54) is 6.07 Å². The van der Waals surface area contributed by atoms with Crippen molar-refractivity contribution >= 4 is 5.69 Å². The zero-order valence-corrected chi connectivity index (χ0v) is 10.7. The van der Waals surface area contributed by atoms with Gasteiger partial charge in [0.2, 0.25) is 0 Å². The maximum Gasteiger partial charge on any atom is 0.129 e. The Balaban J connectivity index is 2.07. The number of nitrogens with zero attached hydrogens (tertiary/aromatic N) is 1. The molecule has 1 saturated heterocycles. The van der Waals surface area contributed by atoms with Gasteiger partial charge < -0.3 is 15.2 Å². The van der Waals surface area contributed by atoms with Crippen LogP contribution in [0.5, 0.6) is 0 Å². The maximum atomic E-state index is 13.7. The van der Waals surface area contributed by atoms with Crippen LogP contribution in [0.1, 0.15) is 5.56 Å². The van der Waals surface area contributed by atoms with Crippen LogP contribution in [0.3, 0.4) is 0 Å². The molecule has 0 aliphatic carbocycles. The summed E-state index contributed by atoms with van der Waals surface area (Å²) in [5.74, 6) is -0.259. The lowest BCUT2D eigenvalue weighted by molar-refractivity contribution is -0.00461. The topological polar surface area (TPSA) is 47.7 Å². The normalized spacial score (nSPS) is 24.6. The van der Waals surface area contributed by atoms with Gasteiger partial charge >= 0.3 is 0 Å². The van der Waals surface area contributed by atoms with Gasteiger partial charge in [0.1, 0.15) is 5.82 Å². The number of nitrogen functional groups attached to an aromatic ring is 1. The van der Waals surface area contributed by atoms with E-state index in [0.29, 0.717) is 17.8 Å². The largest absolute Gasteiger partial charge is 0.398 e. The third-order valence-electron chi connectivity index (χ3n) is 3.43. The number of benzene rings is 1. The summed E-state index contributed by atoms with van der Waals surface area (Å²) in [6.45, 7) is 1.93. The van der Waals surface area contributed by atoms with E-state index in [2.05, 4.69) is 4.90 Å². The molecule has 0 saturated carbocycles. The standard InChI is InChI=1S/C13H19FN2O2/c1-17-12-7-16(8-13(12)18-2)6-9-10(14)4-3-5-11(9)15/h3-5,12-13H,6-8,15H2,1-2H3. The molecule has 2 N–H and O–H groups in total. The van der Waals surface area contributed by atoms with Crippen LogP contribution in [0.15, 0.2) is 18.2 Å². The molecule has 0 radical (unpaired) electrons. The van der Waals surface area contributed by atoms with E-state index in [4.69, 9.17) is 15.2 Å². The van der Waals surface area contributed by atoms with Gasteiger partial charge in [-0.15, -0.1) is 0 Å². The van der Waals surface area contributed by atoms with Crippen molar-refractivity contribution in [3.63, 3.8) is 0 Å². The summed E-state index contributed by atoms with van der Waals surface area (Å²) in [6, 6.07) is 4.77. The number of anilines is 1. The second kappa shape index (κ2) is 5.65. The number of likely N-dealkylation sites (tertiary alicyclic amines) is 1. The predicted octanol–water partition coefficient (Wildman–Crippen LogP) is 1.25. The first-order chi connectivity index (χ1) is 8.65. The van der Waals surface area contributed by atoms with E-state index in [1.807, 2.05) is 0 Å². The fraction of sp³-hybridized carbons (Fsp3) is 0.538. The highest BCUT2D eigenvalue weighted by molar-refractivity contribution is 5.47. The second-order valence-corrected chi connectivity index (χ2v) is 4.55. The fourth-order valence-electron chi connectivity index (χ4n) is 2.37. The Morgan fingerprint density at radius 2 is 1.89 bits per heavy atom. The van der Waals surface area contributed by atoms with Crippen molar-refractivity contribution in [2.45, 2.75) is 18.8 Å². The molecule has 18 heavy (non-hydrogen) atoms. The van der Waals surface area contributed by atoms with E-state index < -0.39 is 0 Å². The third-order valence-corrected chi connectivity index (χ3v) is 3.43. The first-order valence-electron chi connectivity index (χ1n) is 5.96. The van der Waals surface area contributed by atoms with Crippen molar-refractivity contribution in [3.05, 3.63) is 29.6 Å². The lowest BCUT2D eigenvalue weighted by Crippen LogP contribution is -2.27. The predicted molar refractivity (Wildman–Crippen MR) is 67.7 cm³/mol. The highest BCUT2D eigenvalue weighted by Gasteiger charge is 2.33. The summed E-state index contributed by atoms with van der Waals surface area (Å²) >= 11 is 0. The van der Waals surface area contributed by atoms with Crippen molar-refractivity contribution < 1.29 is 13.9 Å². The van der Waals surface area contributed by atoms with E-state index in [9.17, 15) is 4.39 Å². The van der Waals surface area contributed by atoms with Crippen LogP contribution in [0.2, 0.25) is 0 Å². The van der Waals surface area contributed by atoms with Crippen LogP contribution in [-0.4, -0.2) is 44.4 Å². The Hall–Kier alpha value is -1.17. The maximum absolute atomic E-state index is 13.7. The summed E-state index contributed by atoms with van der Waals surface area (Å²) in [7, 11) is 3.33. The van der Waals surface area contributed by atoms with Gasteiger partial charge in [0.25, 0.3) is 0 Å². The Morgan fingerprint density at radius 1 is 1.28 bits per heavy atom. The Bertz CT molecular complexity index is 382. The first kappa shape index (κ1) is 13.3. The smallest absolute Gasteiger partial charge is 0.129 e. The molecule has 1 aromatic carbocycles. The Morgan fingerprint density at radius 3 is 2.39 bits per heavy atom. The molecule has 0 amide bonds. The average Bonchev–Trinajstić information content (AvgIpc) is 2.76. The molecule has 5 heteroatoms. The lowest BCUT2D eigenvalue weighted by Gasteiger charge is -2.17. The molecule has 1 aliphatic heterocycles. The number of hydrogen-bond acceptors (Lipinski definition) is 4. The zero-order valence-electron chi connectivity index (χ0n) is 10.7. The summed E-state index contributed by atoms with van der Waals surface area (Å²) in [6.07, 6.45) is 0.0611. The van der Waals surface area contributed by atoms with E-state index in [1.54, 1.807) is 26.4 Å². The highest BCUT2D eigenvalue weighted by Crippen LogP contribution is 2.22. The van der Waals surface area contributed by atoms with Gasteiger partial charge in [0.05, 0.1) is 12.2 Å². The van der Waals surface area contributed by atoms with Gasteiger partial charge in [-0.25, -0.2) is 4.39 Å². The van der Waals surface area contributed by atoms with E-state index in [0.717, 1.165) is 13.1 Å². The van der Waals surface area contributed by atoms with Crippen LogP contribution in [0.4, 0.5) is 10.1 Å². The first-order valence-corrected chi connectivity index (χ1v) is 5.96. The monoisotopic (exact) mass is 254 g/mol. The highest BCUT2D eigenvalue weighted by atomic mass is 19.1. The minimum Gasteiger partial charge on any atom is -0.398 e. The third kappa shape index (κ3) is 2.63. The molecule has 1 aromatic rings. The SMILES string of the molecule is COC1CN(Cc2c(N)cccc2F)CC1OC. The van der Waals surface area contributed by atoms with Crippen molar-refractivity contribution in [2.75, 3.05) is 33.0 Å². The van der Waals surface area contributed by atoms with Crippen molar-refractivity contribution in [2.24, 2.45) is 0 Å². The van der Waals surface area contributed by atoms with Gasteiger partial charge in [-0.1, -0.05) is 6.07 Å². The van der Waals surface area contributed by atoms with Crippen molar-refractivity contribution in [1.29, 1.82) is 0 Å². The molecule has 1 aliphatic rings. The zero-order chi connectivity index (χ0) is 13.1. The molecule has 1 heterocycles. The summed E-state index contributed by atoms with van der Waals surface area (Å²) in [5, 5.41) is 0. The molecule has 2 rings (SSSR count). The number of halogens is 1. The minimum absolute atomic E-state index is 0.0306. The molecule has 100 valence electrons. The molecule has 0 spiro atoms. The number of hydrogen-bond donors (Lipinski definition) is 1. The quantitative estimate of drug-likeness (QED) is 0.822. The van der Waals surface area contributed by atoms with Crippen molar-refractivity contribution in [1.82, 2.24) is 4.90 Å². The van der Waals surface area contributed by atoms with Crippen LogP contribution < -0.4 is 5.73 Å². The van der Waals surface area contributed by atoms with Gasteiger partial charge in [0.15, 0.2) is 0 Å². The summed E-state index contributed by atoms with van der Waals surface area (Å²) in [4.78, 5) is 2.09. The molecule has 2 unspecified atom stereocenters.